The second-order valence-electron chi connectivity index (χ2n) is 14.1. The van der Waals surface area contributed by atoms with Crippen molar-refractivity contribution >= 4 is 76.3 Å². The van der Waals surface area contributed by atoms with Crippen LogP contribution in [-0.4, -0.2) is 28.7 Å². The Kier molecular flexibility index (Phi) is 6.24. The first-order chi connectivity index (χ1) is 27.3. The molecule has 5 aromatic heterocycles. The summed E-state index contributed by atoms with van der Waals surface area (Å²) < 4.78 is 6.99. The maximum atomic E-state index is 5.33. The Morgan fingerprint density at radius 3 is 1.67 bits per heavy atom. The van der Waals surface area contributed by atoms with Gasteiger partial charge in [-0.15, -0.1) is 0 Å². The summed E-state index contributed by atoms with van der Waals surface area (Å²) in [5.74, 6) is 0.653. The molecule has 6 heteroatoms. The van der Waals surface area contributed by atoms with Gasteiger partial charge in [-0.3, -0.25) is 9.55 Å². The molecule has 12 aromatic rings. The summed E-state index contributed by atoms with van der Waals surface area (Å²) in [6.45, 7) is 0. The van der Waals surface area contributed by atoms with Gasteiger partial charge in [0.15, 0.2) is 0 Å². The molecule has 0 atom stereocenters. The van der Waals surface area contributed by atoms with Gasteiger partial charge in [0.25, 0.3) is 0 Å². The summed E-state index contributed by atoms with van der Waals surface area (Å²) in [5, 5.41) is 7.98. The molecule has 256 valence electrons. The highest BCUT2D eigenvalue weighted by atomic mass is 15.2. The molecule has 6 nitrogen and oxygen atoms in total. The molecule has 0 saturated carbocycles. The van der Waals surface area contributed by atoms with E-state index in [0.29, 0.717) is 5.95 Å². The normalized spacial score (nSPS) is 12.0. The molecule has 0 aliphatic carbocycles. The highest BCUT2D eigenvalue weighted by Gasteiger charge is 2.21. The molecule has 0 spiro atoms. The third kappa shape index (κ3) is 4.33. The number of nitrogens with zero attached hydrogens (tertiary/aromatic N) is 6. The monoisotopic (exact) mass is 702 g/mol. The van der Waals surface area contributed by atoms with E-state index >= 15 is 0 Å². The summed E-state index contributed by atoms with van der Waals surface area (Å²) >= 11 is 0. The van der Waals surface area contributed by atoms with Crippen molar-refractivity contribution in [3.05, 3.63) is 182 Å². The molecule has 0 N–H and O–H groups in total. The number of pyridine rings is 1. The lowest BCUT2D eigenvalue weighted by Crippen LogP contribution is -2.03. The fourth-order valence-corrected chi connectivity index (χ4v) is 8.75. The summed E-state index contributed by atoms with van der Waals surface area (Å²) in [6, 6.07) is 60.2. The zero-order valence-electron chi connectivity index (χ0n) is 29.5. The summed E-state index contributed by atoms with van der Waals surface area (Å²) in [4.78, 5) is 15.1. The van der Waals surface area contributed by atoms with Gasteiger partial charge in [0.05, 0.1) is 44.3 Å². The number of hydrogen-bond donors (Lipinski definition) is 0. The lowest BCUT2D eigenvalue weighted by Gasteiger charge is -2.12. The van der Waals surface area contributed by atoms with Crippen LogP contribution < -0.4 is 0 Å². The van der Waals surface area contributed by atoms with Crippen molar-refractivity contribution in [3.63, 3.8) is 0 Å². The lowest BCUT2D eigenvalue weighted by atomic mass is 10.1. The molecule has 5 heterocycles. The average molecular weight is 703 g/mol. The predicted molar refractivity (Wildman–Crippen MR) is 226 cm³/mol. The molecule has 0 aliphatic heterocycles. The van der Waals surface area contributed by atoms with Gasteiger partial charge in [-0.1, -0.05) is 103 Å². The molecule has 0 fully saturated rings. The first kappa shape index (κ1) is 29.9. The summed E-state index contributed by atoms with van der Waals surface area (Å²) in [5.41, 5.74) is 11.8. The molecular weight excluding hydrogens is 673 g/mol. The predicted octanol–water partition coefficient (Wildman–Crippen LogP) is 12.0. The van der Waals surface area contributed by atoms with Crippen LogP contribution in [0.25, 0.3) is 105 Å². The number of para-hydroxylation sites is 4. The highest BCUT2D eigenvalue weighted by Crippen LogP contribution is 2.41. The lowest BCUT2D eigenvalue weighted by molar-refractivity contribution is 1.01. The average Bonchev–Trinajstić information content (AvgIpc) is 3.88. The fourth-order valence-electron chi connectivity index (χ4n) is 8.75. The van der Waals surface area contributed by atoms with E-state index in [-0.39, 0.29) is 0 Å². The minimum absolute atomic E-state index is 0.653. The molecule has 0 radical (unpaired) electrons. The molecular formula is C49H30N6. The van der Waals surface area contributed by atoms with Gasteiger partial charge in [-0.05, 0) is 66.7 Å². The van der Waals surface area contributed by atoms with Gasteiger partial charge >= 0.3 is 0 Å². The fraction of sp³-hybridized carbons (Fsp3) is 0. The van der Waals surface area contributed by atoms with Crippen LogP contribution in [0.3, 0.4) is 0 Å². The third-order valence-electron chi connectivity index (χ3n) is 11.1. The van der Waals surface area contributed by atoms with E-state index in [1.807, 2.05) is 24.5 Å². The third-order valence-corrected chi connectivity index (χ3v) is 11.1. The van der Waals surface area contributed by atoms with Crippen molar-refractivity contribution in [3.8, 4) is 28.6 Å². The summed E-state index contributed by atoms with van der Waals surface area (Å²) in [7, 11) is 0. The molecule has 0 bridgehead atoms. The van der Waals surface area contributed by atoms with Gasteiger partial charge in [0.1, 0.15) is 0 Å². The zero-order valence-corrected chi connectivity index (χ0v) is 29.5. The van der Waals surface area contributed by atoms with Gasteiger partial charge in [-0.2, -0.15) is 0 Å². The Labute approximate surface area is 314 Å². The largest absolute Gasteiger partial charge is 0.309 e. The minimum atomic E-state index is 0.653. The molecule has 0 amide bonds. The number of aromatic nitrogens is 6. The van der Waals surface area contributed by atoms with Crippen molar-refractivity contribution in [1.29, 1.82) is 0 Å². The van der Waals surface area contributed by atoms with Crippen molar-refractivity contribution < 1.29 is 0 Å². The quantitative estimate of drug-likeness (QED) is 0.183. The SMILES string of the molecule is c1ccc(-c2nc(-n3c4ccccc4c4cc5c(cc43)c3ccccc3n5-c3ccc4c(c3)c3cnccc3n4-c3ccccc3)nc3ccccc23)cc1. The Bertz CT molecular complexity index is 3480. The van der Waals surface area contributed by atoms with E-state index in [4.69, 9.17) is 9.97 Å². The van der Waals surface area contributed by atoms with Gasteiger partial charge in [0, 0.05) is 67.0 Å². The van der Waals surface area contributed by atoms with Crippen molar-refractivity contribution in [2.45, 2.75) is 0 Å². The van der Waals surface area contributed by atoms with Gasteiger partial charge < -0.3 is 9.13 Å². The topological polar surface area (TPSA) is 53.5 Å². The van der Waals surface area contributed by atoms with Crippen molar-refractivity contribution in [2.75, 3.05) is 0 Å². The molecule has 0 unspecified atom stereocenters. The van der Waals surface area contributed by atoms with E-state index in [1.165, 1.54) is 10.8 Å². The van der Waals surface area contributed by atoms with Crippen LogP contribution >= 0.6 is 0 Å². The second-order valence-corrected chi connectivity index (χ2v) is 14.1. The van der Waals surface area contributed by atoms with E-state index in [9.17, 15) is 0 Å². The maximum absolute atomic E-state index is 5.33. The minimum Gasteiger partial charge on any atom is -0.309 e. The van der Waals surface area contributed by atoms with E-state index in [0.717, 1.165) is 88.2 Å². The Morgan fingerprint density at radius 1 is 0.345 bits per heavy atom. The van der Waals surface area contributed by atoms with Crippen molar-refractivity contribution in [2.24, 2.45) is 0 Å². The first-order valence-corrected chi connectivity index (χ1v) is 18.5. The molecule has 0 saturated heterocycles. The van der Waals surface area contributed by atoms with Crippen molar-refractivity contribution in [1.82, 2.24) is 28.7 Å². The first-order valence-electron chi connectivity index (χ1n) is 18.5. The van der Waals surface area contributed by atoms with Crippen LogP contribution in [0.1, 0.15) is 0 Å². The van der Waals surface area contributed by atoms with E-state index in [2.05, 4.69) is 176 Å². The van der Waals surface area contributed by atoms with Crippen LogP contribution in [0.4, 0.5) is 0 Å². The Balaban J connectivity index is 1.15. The molecule has 7 aromatic carbocycles. The smallest absolute Gasteiger partial charge is 0.235 e. The zero-order chi connectivity index (χ0) is 36.0. The Morgan fingerprint density at radius 2 is 0.909 bits per heavy atom. The van der Waals surface area contributed by atoms with Gasteiger partial charge in [0.2, 0.25) is 5.95 Å². The standard InChI is InChI=1S/C49H30N6/c1-3-13-31(14-4-1)48-36-19-7-10-20-41(36)51-49(52-48)55-43-22-12-9-18-35(43)39-28-46-38(29-47(39)55)34-17-8-11-21-42(34)54(46)33-23-24-44-37(27-33)40-30-50-26-25-45(40)53(44)32-15-5-2-6-16-32/h1-30H. The van der Waals surface area contributed by atoms with Gasteiger partial charge in [-0.25, -0.2) is 9.97 Å². The molecule has 0 aliphatic rings. The second kappa shape index (κ2) is 11.5. The van der Waals surface area contributed by atoms with Crippen LogP contribution in [0.2, 0.25) is 0 Å². The maximum Gasteiger partial charge on any atom is 0.235 e. The molecule has 12 rings (SSSR count). The number of hydrogen-bond acceptors (Lipinski definition) is 3. The Hall–Kier alpha value is -7.57. The molecule has 55 heavy (non-hydrogen) atoms. The van der Waals surface area contributed by atoms with Crippen LogP contribution in [0.5, 0.6) is 0 Å². The van der Waals surface area contributed by atoms with E-state index < -0.39 is 0 Å². The number of fused-ring (bicyclic) bond motifs is 10. The number of benzene rings is 7. The van der Waals surface area contributed by atoms with E-state index in [1.54, 1.807) is 0 Å². The highest BCUT2D eigenvalue weighted by molar-refractivity contribution is 6.19. The van der Waals surface area contributed by atoms with Crippen LogP contribution in [-0.2, 0) is 0 Å². The number of rotatable bonds is 4. The summed E-state index contributed by atoms with van der Waals surface area (Å²) in [6.07, 6.45) is 3.87. The van der Waals surface area contributed by atoms with Crippen LogP contribution in [0, 0.1) is 0 Å². The van der Waals surface area contributed by atoms with Crippen LogP contribution in [0.15, 0.2) is 182 Å².